The molecule has 0 aliphatic carbocycles. The maximum absolute atomic E-state index is 10.9. The second-order valence-corrected chi connectivity index (χ2v) is 2.67. The number of hydrogen-bond acceptors (Lipinski definition) is 6. The number of carbonyl (C=O) groups is 1. The number of aromatic hydroxyl groups is 1. The molecule has 0 amide bonds. The van der Waals surface area contributed by atoms with Crippen LogP contribution in [0.15, 0.2) is 12.3 Å². The highest BCUT2D eigenvalue weighted by atomic mass is 16.6. The van der Waals surface area contributed by atoms with Gasteiger partial charge in [-0.15, -0.1) is 0 Å². The summed E-state index contributed by atoms with van der Waals surface area (Å²) in [5.41, 5.74) is -0.440. The fraction of sp³-hybridized carbons (Fsp3) is 0.250. The van der Waals surface area contributed by atoms with E-state index in [1.807, 2.05) is 0 Å². The summed E-state index contributed by atoms with van der Waals surface area (Å²) in [6, 6.07) is 0.936. The van der Waals surface area contributed by atoms with Gasteiger partial charge in [0, 0.05) is 0 Å². The molecule has 0 atom stereocenters. The normalized spacial score (nSPS) is 9.67. The lowest BCUT2D eigenvalue weighted by Crippen LogP contribution is -2.08. The van der Waals surface area contributed by atoms with E-state index in [9.17, 15) is 14.9 Å². The van der Waals surface area contributed by atoms with Gasteiger partial charge in [-0.25, -0.2) is 4.98 Å². The molecular weight excluding hydrogens is 204 g/mol. The Bertz CT molecular complexity index is 404. The SMILES string of the molecule is COC(=O)Cc1ncc(O)cc1[N+](=O)[O-]. The molecule has 0 spiro atoms. The van der Waals surface area contributed by atoms with Gasteiger partial charge in [-0.1, -0.05) is 0 Å². The van der Waals surface area contributed by atoms with Crippen LogP contribution in [-0.2, 0) is 16.0 Å². The lowest BCUT2D eigenvalue weighted by atomic mass is 10.2. The first-order valence-electron chi connectivity index (χ1n) is 3.93. The van der Waals surface area contributed by atoms with Crippen LogP contribution >= 0.6 is 0 Å². The van der Waals surface area contributed by atoms with E-state index in [4.69, 9.17) is 5.11 Å². The summed E-state index contributed by atoms with van der Waals surface area (Å²) in [7, 11) is 1.18. The van der Waals surface area contributed by atoms with E-state index in [0.717, 1.165) is 12.3 Å². The van der Waals surface area contributed by atoms with Crippen molar-refractivity contribution in [2.45, 2.75) is 6.42 Å². The summed E-state index contributed by atoms with van der Waals surface area (Å²) in [6.07, 6.45) is 0.734. The number of aromatic nitrogens is 1. The van der Waals surface area contributed by atoms with Crippen LogP contribution in [0.1, 0.15) is 5.69 Å². The van der Waals surface area contributed by atoms with E-state index in [1.165, 1.54) is 7.11 Å². The van der Waals surface area contributed by atoms with Crippen molar-refractivity contribution in [1.82, 2.24) is 4.98 Å². The van der Waals surface area contributed by atoms with Crippen molar-refractivity contribution in [3.05, 3.63) is 28.1 Å². The van der Waals surface area contributed by atoms with Crippen molar-refractivity contribution in [3.63, 3.8) is 0 Å². The highest BCUT2D eigenvalue weighted by molar-refractivity contribution is 5.73. The van der Waals surface area contributed by atoms with Crippen LogP contribution < -0.4 is 0 Å². The molecule has 0 saturated heterocycles. The highest BCUT2D eigenvalue weighted by Crippen LogP contribution is 2.21. The number of nitro groups is 1. The molecule has 1 rings (SSSR count). The van der Waals surface area contributed by atoms with Crippen molar-refractivity contribution in [2.24, 2.45) is 0 Å². The molecule has 0 radical (unpaired) electrons. The highest BCUT2D eigenvalue weighted by Gasteiger charge is 2.19. The molecular formula is C8H8N2O5. The zero-order valence-electron chi connectivity index (χ0n) is 7.84. The number of esters is 1. The third kappa shape index (κ3) is 2.63. The number of pyridine rings is 1. The average Bonchev–Trinajstić information content (AvgIpc) is 2.20. The van der Waals surface area contributed by atoms with Gasteiger partial charge in [0.05, 0.1) is 30.7 Å². The van der Waals surface area contributed by atoms with Crippen molar-refractivity contribution in [3.8, 4) is 5.75 Å². The molecule has 80 valence electrons. The van der Waals surface area contributed by atoms with Crippen LogP contribution in [0.25, 0.3) is 0 Å². The van der Waals surface area contributed by atoms with Crippen molar-refractivity contribution in [1.29, 1.82) is 0 Å². The molecule has 1 heterocycles. The Morgan fingerprint density at radius 3 is 2.93 bits per heavy atom. The minimum atomic E-state index is -0.717. The van der Waals surface area contributed by atoms with E-state index in [-0.39, 0.29) is 17.9 Å². The molecule has 7 nitrogen and oxygen atoms in total. The molecule has 0 aliphatic rings. The molecule has 0 saturated carbocycles. The van der Waals surface area contributed by atoms with E-state index in [2.05, 4.69) is 9.72 Å². The predicted molar refractivity (Wildman–Crippen MR) is 48.3 cm³/mol. The van der Waals surface area contributed by atoms with Crippen LogP contribution in [0, 0.1) is 10.1 Å². The zero-order valence-corrected chi connectivity index (χ0v) is 7.84. The van der Waals surface area contributed by atoms with Crippen LogP contribution in [-0.4, -0.2) is 28.1 Å². The maximum atomic E-state index is 10.9. The molecule has 15 heavy (non-hydrogen) atoms. The Kier molecular flexibility index (Phi) is 3.17. The van der Waals surface area contributed by atoms with Gasteiger partial charge in [-0.3, -0.25) is 14.9 Å². The molecule has 1 N–H and O–H groups in total. The lowest BCUT2D eigenvalue weighted by molar-refractivity contribution is -0.386. The molecule has 0 bridgehead atoms. The van der Waals surface area contributed by atoms with Gasteiger partial charge in [0.1, 0.15) is 11.4 Å². The number of hydrogen-bond donors (Lipinski definition) is 1. The minimum Gasteiger partial charge on any atom is -0.506 e. The second kappa shape index (κ2) is 4.36. The van der Waals surface area contributed by atoms with E-state index in [1.54, 1.807) is 0 Å². The quantitative estimate of drug-likeness (QED) is 0.442. The van der Waals surface area contributed by atoms with E-state index >= 15 is 0 Å². The molecule has 0 unspecified atom stereocenters. The van der Waals surface area contributed by atoms with E-state index < -0.39 is 16.6 Å². The van der Waals surface area contributed by atoms with Crippen LogP contribution in [0.5, 0.6) is 5.75 Å². The van der Waals surface area contributed by atoms with Gasteiger partial charge in [0.25, 0.3) is 5.69 Å². The maximum Gasteiger partial charge on any atom is 0.311 e. The molecule has 0 aliphatic heterocycles. The lowest BCUT2D eigenvalue weighted by Gasteiger charge is -2.01. The Morgan fingerprint density at radius 1 is 1.73 bits per heavy atom. The topological polar surface area (TPSA) is 103 Å². The number of carbonyl (C=O) groups excluding carboxylic acids is 1. The summed E-state index contributed by atoms with van der Waals surface area (Å²) < 4.78 is 4.36. The first-order valence-corrected chi connectivity index (χ1v) is 3.93. The Hall–Kier alpha value is -2.18. The predicted octanol–water partition coefficient (Wildman–Crippen LogP) is 0.411. The zero-order chi connectivity index (χ0) is 11.4. The smallest absolute Gasteiger partial charge is 0.311 e. The third-order valence-electron chi connectivity index (χ3n) is 1.67. The Balaban J connectivity index is 3.06. The van der Waals surface area contributed by atoms with Gasteiger partial charge in [0.15, 0.2) is 0 Å². The Labute approximate surface area is 84.5 Å². The van der Waals surface area contributed by atoms with Gasteiger partial charge >= 0.3 is 5.97 Å². The monoisotopic (exact) mass is 212 g/mol. The summed E-state index contributed by atoms with van der Waals surface area (Å²) in [5.74, 6) is -0.952. The van der Waals surface area contributed by atoms with Crippen molar-refractivity contribution < 1.29 is 19.6 Å². The molecule has 0 fully saturated rings. The third-order valence-corrected chi connectivity index (χ3v) is 1.67. The van der Waals surface area contributed by atoms with Crippen LogP contribution in [0.4, 0.5) is 5.69 Å². The fourth-order valence-electron chi connectivity index (χ4n) is 0.974. The number of ether oxygens (including phenoxy) is 1. The number of methoxy groups -OCH3 is 1. The fourth-order valence-corrected chi connectivity index (χ4v) is 0.974. The molecule has 1 aromatic rings. The molecule has 0 aromatic carbocycles. The summed E-state index contributed by atoms with van der Waals surface area (Å²) in [6.45, 7) is 0. The summed E-state index contributed by atoms with van der Waals surface area (Å²) in [5, 5.41) is 19.5. The first kappa shape index (κ1) is 10.9. The number of rotatable bonds is 3. The van der Waals surface area contributed by atoms with Crippen molar-refractivity contribution in [2.75, 3.05) is 7.11 Å². The van der Waals surface area contributed by atoms with Crippen LogP contribution in [0.2, 0.25) is 0 Å². The molecule has 1 aromatic heterocycles. The second-order valence-electron chi connectivity index (χ2n) is 2.67. The Morgan fingerprint density at radius 2 is 2.40 bits per heavy atom. The average molecular weight is 212 g/mol. The summed E-state index contributed by atoms with van der Waals surface area (Å²) >= 11 is 0. The largest absolute Gasteiger partial charge is 0.506 e. The van der Waals surface area contributed by atoms with Gasteiger partial charge in [-0.2, -0.15) is 0 Å². The van der Waals surface area contributed by atoms with Crippen molar-refractivity contribution >= 4 is 11.7 Å². The van der Waals surface area contributed by atoms with Crippen LogP contribution in [0.3, 0.4) is 0 Å². The standard InChI is InChI=1S/C8H8N2O5/c1-15-8(12)3-6-7(10(13)14)2-5(11)4-9-6/h2,4,11H,3H2,1H3. The van der Waals surface area contributed by atoms with Gasteiger partial charge < -0.3 is 9.84 Å². The van der Waals surface area contributed by atoms with Gasteiger partial charge in [-0.05, 0) is 0 Å². The van der Waals surface area contributed by atoms with Gasteiger partial charge in [0.2, 0.25) is 0 Å². The minimum absolute atomic E-state index is 0.0374. The molecule has 7 heteroatoms. The first-order chi connectivity index (χ1) is 7.04. The summed E-state index contributed by atoms with van der Waals surface area (Å²) in [4.78, 5) is 24.3. The number of nitrogens with zero attached hydrogens (tertiary/aromatic N) is 2. The van der Waals surface area contributed by atoms with E-state index in [0.29, 0.717) is 0 Å².